The molecule has 2 rings (SSSR count). The Bertz CT molecular complexity index is 645. The summed E-state index contributed by atoms with van der Waals surface area (Å²) in [7, 11) is -4.05. The van der Waals surface area contributed by atoms with Gasteiger partial charge in [-0.2, -0.15) is 0 Å². The Morgan fingerprint density at radius 3 is 2.88 bits per heavy atom. The fraction of sp³-hybridized carbons (Fsp3) is 0. The zero-order valence-electron chi connectivity index (χ0n) is 8.04. The summed E-state index contributed by atoms with van der Waals surface area (Å²) in [6, 6.07) is 3.17. The number of aromatic amines is 1. The largest absolute Gasteiger partial charge is 0.356 e. The lowest BCUT2D eigenvalue weighted by atomic mass is 10.2. The molecule has 0 aliphatic carbocycles. The summed E-state index contributed by atoms with van der Waals surface area (Å²) < 4.78 is 22.6. The Hall–Kier alpha value is -1.89. The highest BCUT2D eigenvalue weighted by atomic mass is 32.2. The molecule has 1 radical (unpaired) electrons. The van der Waals surface area contributed by atoms with Crippen molar-refractivity contribution < 1.29 is 13.2 Å². The summed E-state index contributed by atoms with van der Waals surface area (Å²) in [5.41, 5.74) is 5.68. The van der Waals surface area contributed by atoms with Gasteiger partial charge in [0.25, 0.3) is 0 Å². The fourth-order valence-corrected chi connectivity index (χ4v) is 1.97. The van der Waals surface area contributed by atoms with Crippen molar-refractivity contribution in [2.75, 3.05) is 0 Å². The fourth-order valence-electron chi connectivity index (χ4n) is 1.31. The van der Waals surface area contributed by atoms with Gasteiger partial charge in [0.05, 0.1) is 0 Å². The van der Waals surface area contributed by atoms with Crippen LogP contribution in [-0.2, 0) is 9.84 Å². The number of carbonyl (C=O) groups excluding carboxylic acids is 1. The Kier molecular flexibility index (Phi) is 2.39. The number of primary amides is 1. The van der Waals surface area contributed by atoms with E-state index in [4.69, 9.17) is 5.73 Å². The summed E-state index contributed by atoms with van der Waals surface area (Å²) in [5, 5.41) is -0.750. The molecule has 0 bridgehead atoms. The molecule has 0 aromatic carbocycles. The maximum Gasteiger partial charge on any atom is 0.334 e. The van der Waals surface area contributed by atoms with Crippen molar-refractivity contribution in [1.29, 1.82) is 0 Å². The average Bonchev–Trinajstić information content (AvgIpc) is 2.65. The quantitative estimate of drug-likeness (QED) is 0.797. The van der Waals surface area contributed by atoms with E-state index in [1.165, 1.54) is 12.3 Å². The van der Waals surface area contributed by atoms with Gasteiger partial charge < -0.3 is 10.7 Å². The molecule has 7 heteroatoms. The van der Waals surface area contributed by atoms with Crippen LogP contribution in [0.2, 0.25) is 0 Å². The molecule has 0 fully saturated rings. The highest BCUT2D eigenvalue weighted by Gasteiger charge is 2.21. The van der Waals surface area contributed by atoms with E-state index in [1.54, 1.807) is 12.3 Å². The molecule has 0 spiro atoms. The van der Waals surface area contributed by atoms with E-state index < -0.39 is 15.1 Å². The minimum atomic E-state index is -4.05. The third-order valence-electron chi connectivity index (χ3n) is 2.06. The van der Waals surface area contributed by atoms with Gasteiger partial charge in [-0.15, -0.1) is 0 Å². The van der Waals surface area contributed by atoms with E-state index >= 15 is 0 Å². The third-order valence-corrected chi connectivity index (χ3v) is 3.18. The molecule has 3 N–H and O–H groups in total. The predicted octanol–water partition coefficient (Wildman–Crippen LogP) is 0.566. The second-order valence-corrected chi connectivity index (χ2v) is 4.85. The number of rotatable bonds is 2. The molecule has 2 aromatic rings. The Morgan fingerprint density at radius 1 is 1.44 bits per heavy atom. The van der Waals surface area contributed by atoms with Crippen molar-refractivity contribution in [1.82, 2.24) is 9.97 Å². The molecule has 2 aromatic heterocycles. The molecule has 0 aliphatic rings. The number of nitrogens with one attached hydrogen (secondary N) is 1. The van der Waals surface area contributed by atoms with Crippen LogP contribution in [0, 0.1) is 5.75 Å². The van der Waals surface area contributed by atoms with Crippen LogP contribution in [0.5, 0.6) is 0 Å². The molecular weight excluding hydrogens is 230 g/mol. The summed E-state index contributed by atoms with van der Waals surface area (Å²) in [4.78, 5) is 17.5. The summed E-state index contributed by atoms with van der Waals surface area (Å²) in [6.45, 7) is 0. The number of hydrogen-bond acceptors (Lipinski definition) is 4. The monoisotopic (exact) mass is 238 g/mol. The summed E-state index contributed by atoms with van der Waals surface area (Å²) in [5.74, 6) is 0.840. The minimum absolute atomic E-state index is 0.380. The van der Waals surface area contributed by atoms with Crippen LogP contribution < -0.4 is 5.73 Å². The Balaban J connectivity index is 2.50. The molecule has 0 saturated carbocycles. The van der Waals surface area contributed by atoms with Crippen LogP contribution in [0.15, 0.2) is 24.5 Å². The van der Waals surface area contributed by atoms with E-state index in [0.717, 1.165) is 5.75 Å². The smallest absolute Gasteiger partial charge is 0.334 e. The lowest BCUT2D eigenvalue weighted by molar-refractivity contribution is 0.265. The van der Waals surface area contributed by atoms with Gasteiger partial charge in [-0.1, -0.05) is 0 Å². The molecule has 1 amide bonds. The van der Waals surface area contributed by atoms with Crippen molar-refractivity contribution in [3.8, 4) is 0 Å². The van der Waals surface area contributed by atoms with Gasteiger partial charge in [-0.25, -0.2) is 13.4 Å². The van der Waals surface area contributed by atoms with Crippen LogP contribution in [0.25, 0.3) is 11.0 Å². The number of carbonyl (C=O) groups is 1. The summed E-state index contributed by atoms with van der Waals surface area (Å²) >= 11 is 0. The molecule has 0 unspecified atom stereocenters. The minimum Gasteiger partial charge on any atom is -0.356 e. The highest BCUT2D eigenvalue weighted by Crippen LogP contribution is 2.19. The number of amides is 1. The molecule has 2 heterocycles. The van der Waals surface area contributed by atoms with Gasteiger partial charge in [-0.3, -0.25) is 4.79 Å². The number of aromatic nitrogens is 2. The van der Waals surface area contributed by atoms with Gasteiger partial charge in [0, 0.05) is 17.8 Å². The maximum atomic E-state index is 11.3. The lowest BCUT2D eigenvalue weighted by Gasteiger charge is -2.01. The normalized spacial score (nSPS) is 11.8. The van der Waals surface area contributed by atoms with Crippen molar-refractivity contribution in [2.24, 2.45) is 5.73 Å². The number of sulfone groups is 1. The molecule has 0 saturated heterocycles. The van der Waals surface area contributed by atoms with E-state index in [2.05, 4.69) is 9.97 Å². The van der Waals surface area contributed by atoms with E-state index in [1.807, 2.05) is 0 Å². The highest BCUT2D eigenvalue weighted by molar-refractivity contribution is 8.07. The number of fused-ring (bicyclic) bond motifs is 1. The third kappa shape index (κ3) is 1.76. The standard InChI is InChI=1S/C9H8N3O3S/c10-9(13)16(14,15)5-6-1-3-11-8-7(6)2-4-12-8/h1-5H,(H2,10,13)(H,11,12). The van der Waals surface area contributed by atoms with Crippen LogP contribution in [0.1, 0.15) is 5.56 Å². The molecule has 16 heavy (non-hydrogen) atoms. The van der Waals surface area contributed by atoms with Crippen LogP contribution in [0.3, 0.4) is 0 Å². The van der Waals surface area contributed by atoms with E-state index in [-0.39, 0.29) is 0 Å². The average molecular weight is 238 g/mol. The zero-order valence-corrected chi connectivity index (χ0v) is 8.86. The lowest BCUT2D eigenvalue weighted by Crippen LogP contribution is -2.22. The second-order valence-electron chi connectivity index (χ2n) is 3.12. The second kappa shape index (κ2) is 3.60. The number of nitrogens with zero attached hydrogens (tertiary/aromatic N) is 1. The SMILES string of the molecule is NC(=O)S(=O)(=O)[CH]c1ccnc2[nH]ccc12. The van der Waals surface area contributed by atoms with E-state index in [0.29, 0.717) is 16.6 Å². The molecule has 0 aliphatic heterocycles. The number of hydrogen-bond donors (Lipinski definition) is 2. The van der Waals surface area contributed by atoms with Crippen molar-refractivity contribution in [3.05, 3.63) is 35.8 Å². The number of nitrogens with two attached hydrogens (primary N) is 1. The first-order valence-corrected chi connectivity index (χ1v) is 5.87. The van der Waals surface area contributed by atoms with Crippen LogP contribution >= 0.6 is 0 Å². The van der Waals surface area contributed by atoms with Gasteiger partial charge in [-0.05, 0) is 17.7 Å². The van der Waals surface area contributed by atoms with Crippen molar-refractivity contribution in [3.63, 3.8) is 0 Å². The van der Waals surface area contributed by atoms with E-state index in [9.17, 15) is 13.2 Å². The van der Waals surface area contributed by atoms with Gasteiger partial charge in [0.2, 0.25) is 9.84 Å². The first-order chi connectivity index (χ1) is 7.50. The molecule has 83 valence electrons. The van der Waals surface area contributed by atoms with Crippen LogP contribution in [0.4, 0.5) is 4.79 Å². The molecule has 0 atom stereocenters. The van der Waals surface area contributed by atoms with Crippen molar-refractivity contribution in [2.45, 2.75) is 0 Å². The predicted molar refractivity (Wildman–Crippen MR) is 58.0 cm³/mol. The van der Waals surface area contributed by atoms with Crippen LogP contribution in [-0.4, -0.2) is 23.6 Å². The molecular formula is C9H8N3O3S. The first-order valence-electron chi connectivity index (χ1n) is 4.32. The first kappa shape index (κ1) is 10.6. The Labute approximate surface area is 91.4 Å². The van der Waals surface area contributed by atoms with Gasteiger partial charge >= 0.3 is 5.24 Å². The zero-order chi connectivity index (χ0) is 11.8. The maximum absolute atomic E-state index is 11.3. The van der Waals surface area contributed by atoms with Gasteiger partial charge in [0.15, 0.2) is 0 Å². The van der Waals surface area contributed by atoms with Gasteiger partial charge in [0.1, 0.15) is 11.4 Å². The van der Waals surface area contributed by atoms with Crippen molar-refractivity contribution >= 4 is 26.1 Å². The Morgan fingerprint density at radius 2 is 2.19 bits per heavy atom. The number of H-pyrrole nitrogens is 1. The molecule has 6 nitrogen and oxygen atoms in total. The summed E-state index contributed by atoms with van der Waals surface area (Å²) in [6.07, 6.45) is 3.08. The number of pyridine rings is 1. The topological polar surface area (TPSA) is 106 Å².